The third-order valence-electron chi connectivity index (χ3n) is 1.27. The van der Waals surface area contributed by atoms with Gasteiger partial charge in [-0.1, -0.05) is 42.5 Å². The van der Waals surface area contributed by atoms with Crippen LogP contribution in [0.4, 0.5) is 0 Å². The molecule has 11 heavy (non-hydrogen) atoms. The number of hydrogen-bond donors (Lipinski definition) is 1. The smallest absolute Gasteiger partial charge is 0.0696 e. The van der Waals surface area contributed by atoms with E-state index in [1.807, 2.05) is 30.3 Å². The molecule has 1 heteroatoms. The van der Waals surface area contributed by atoms with Crippen LogP contribution in [0, 0.1) is 0 Å². The summed E-state index contributed by atoms with van der Waals surface area (Å²) in [6.45, 7) is -2.34. The van der Waals surface area contributed by atoms with Crippen molar-refractivity contribution in [1.82, 2.24) is 0 Å². The van der Waals surface area contributed by atoms with E-state index in [4.69, 9.17) is 4.11 Å². The molecule has 1 nitrogen and oxygen atoms in total. The molecule has 0 aromatic heterocycles. The van der Waals surface area contributed by atoms with Crippen molar-refractivity contribution in [3.8, 4) is 0 Å². The van der Waals surface area contributed by atoms with E-state index in [0.29, 0.717) is 0 Å². The van der Waals surface area contributed by atoms with Crippen LogP contribution in [0.25, 0.3) is 6.08 Å². The van der Waals surface area contributed by atoms with Gasteiger partial charge in [0, 0.05) is 4.11 Å². The molecular formula is C10H12O. The SMILES string of the molecule is [2H]C([2H])([2H])C(O)/C=C/c1ccccc1. The van der Waals surface area contributed by atoms with Crippen LogP contribution < -0.4 is 0 Å². The van der Waals surface area contributed by atoms with Gasteiger partial charge >= 0.3 is 0 Å². The van der Waals surface area contributed by atoms with Crippen molar-refractivity contribution in [1.29, 1.82) is 0 Å². The Morgan fingerprint density at radius 2 is 2.18 bits per heavy atom. The summed E-state index contributed by atoms with van der Waals surface area (Å²) in [6.07, 6.45) is 1.47. The Hall–Kier alpha value is -1.08. The molecule has 1 atom stereocenters. The van der Waals surface area contributed by atoms with Gasteiger partial charge in [-0.15, -0.1) is 0 Å². The maximum absolute atomic E-state index is 9.20. The van der Waals surface area contributed by atoms with Gasteiger partial charge in [0.15, 0.2) is 0 Å². The van der Waals surface area contributed by atoms with Crippen LogP contribution in [-0.4, -0.2) is 11.2 Å². The molecule has 0 fully saturated rings. The normalized spacial score (nSPS) is 18.8. The highest BCUT2D eigenvalue weighted by Gasteiger charge is 1.85. The zero-order valence-electron chi connectivity index (χ0n) is 9.07. The summed E-state index contributed by atoms with van der Waals surface area (Å²) in [5.74, 6) is 0. The van der Waals surface area contributed by atoms with E-state index in [1.54, 1.807) is 6.08 Å². The highest BCUT2D eigenvalue weighted by Crippen LogP contribution is 2.01. The number of hydrogen-bond acceptors (Lipinski definition) is 1. The van der Waals surface area contributed by atoms with Gasteiger partial charge in [0.1, 0.15) is 0 Å². The molecule has 0 spiro atoms. The van der Waals surface area contributed by atoms with Crippen molar-refractivity contribution >= 4 is 6.08 Å². The van der Waals surface area contributed by atoms with Gasteiger partial charge in [-0.2, -0.15) is 0 Å². The first-order valence-corrected chi connectivity index (χ1v) is 3.41. The minimum atomic E-state index is -2.34. The molecule has 0 aliphatic rings. The minimum absolute atomic E-state index is 0.871. The van der Waals surface area contributed by atoms with Crippen molar-refractivity contribution in [2.24, 2.45) is 0 Å². The van der Waals surface area contributed by atoms with Crippen LogP contribution in [0.1, 0.15) is 16.5 Å². The first-order valence-electron chi connectivity index (χ1n) is 4.91. The molecule has 1 unspecified atom stereocenters. The van der Waals surface area contributed by atoms with Crippen molar-refractivity contribution in [3.63, 3.8) is 0 Å². The highest BCUT2D eigenvalue weighted by molar-refractivity contribution is 5.48. The first-order chi connectivity index (χ1) is 6.50. The Kier molecular flexibility index (Phi) is 1.69. The fourth-order valence-electron chi connectivity index (χ4n) is 0.766. The zero-order chi connectivity index (χ0) is 10.6. The Labute approximate surface area is 71.2 Å². The second-order valence-corrected chi connectivity index (χ2v) is 2.21. The minimum Gasteiger partial charge on any atom is -0.389 e. The van der Waals surface area contributed by atoms with E-state index >= 15 is 0 Å². The molecule has 0 amide bonds. The monoisotopic (exact) mass is 151 g/mol. The molecule has 58 valence electrons. The van der Waals surface area contributed by atoms with Gasteiger partial charge < -0.3 is 5.11 Å². The summed E-state index contributed by atoms with van der Waals surface area (Å²) in [5, 5.41) is 9.20. The van der Waals surface area contributed by atoms with Crippen LogP contribution >= 0.6 is 0 Å². The van der Waals surface area contributed by atoms with Crippen LogP contribution in [0.3, 0.4) is 0 Å². The van der Waals surface area contributed by atoms with Gasteiger partial charge in [0.25, 0.3) is 0 Å². The molecular weight excluding hydrogens is 136 g/mol. The average Bonchev–Trinajstić information content (AvgIpc) is 2.14. The third-order valence-corrected chi connectivity index (χ3v) is 1.27. The van der Waals surface area contributed by atoms with Crippen molar-refractivity contribution < 1.29 is 9.22 Å². The standard InChI is InChI=1S/C10H12O/c1-9(11)7-8-10-5-3-2-4-6-10/h2-9,11H,1H3/b8-7+/i1D3. The third kappa shape index (κ3) is 3.01. The van der Waals surface area contributed by atoms with Crippen molar-refractivity contribution in [2.45, 2.75) is 13.0 Å². The molecule has 1 aromatic carbocycles. The molecule has 0 radical (unpaired) electrons. The van der Waals surface area contributed by atoms with E-state index < -0.39 is 13.0 Å². The Balaban J connectivity index is 2.66. The topological polar surface area (TPSA) is 20.2 Å². The fourth-order valence-corrected chi connectivity index (χ4v) is 0.766. The number of rotatable bonds is 2. The van der Waals surface area contributed by atoms with E-state index in [0.717, 1.165) is 5.56 Å². The van der Waals surface area contributed by atoms with Gasteiger partial charge in [-0.3, -0.25) is 0 Å². The molecule has 0 bridgehead atoms. The second kappa shape index (κ2) is 3.94. The Bertz CT molecular complexity index is 303. The van der Waals surface area contributed by atoms with Gasteiger partial charge in [-0.05, 0) is 12.4 Å². The lowest BCUT2D eigenvalue weighted by molar-refractivity contribution is 0.245. The van der Waals surface area contributed by atoms with E-state index in [9.17, 15) is 5.11 Å². The molecule has 1 rings (SSSR count). The molecule has 1 aromatic rings. The Morgan fingerprint density at radius 3 is 2.82 bits per heavy atom. The molecule has 0 aliphatic carbocycles. The van der Waals surface area contributed by atoms with E-state index in [2.05, 4.69) is 0 Å². The first kappa shape index (κ1) is 4.73. The maximum Gasteiger partial charge on any atom is 0.0696 e. The lowest BCUT2D eigenvalue weighted by atomic mass is 10.2. The van der Waals surface area contributed by atoms with Crippen LogP contribution in [0.5, 0.6) is 0 Å². The summed E-state index contributed by atoms with van der Waals surface area (Å²) in [6, 6.07) is 9.24. The maximum atomic E-state index is 9.20. The van der Waals surface area contributed by atoms with Crippen LogP contribution in [0.15, 0.2) is 36.4 Å². The predicted octanol–water partition coefficient (Wildman–Crippen LogP) is 2.08. The lowest BCUT2D eigenvalue weighted by Gasteiger charge is -1.93. The number of benzene rings is 1. The Morgan fingerprint density at radius 1 is 1.45 bits per heavy atom. The molecule has 0 heterocycles. The number of aliphatic hydroxyl groups is 1. The predicted molar refractivity (Wildman–Crippen MR) is 47.2 cm³/mol. The second-order valence-electron chi connectivity index (χ2n) is 2.21. The lowest BCUT2D eigenvalue weighted by Crippen LogP contribution is -1.90. The number of aliphatic hydroxyl groups excluding tert-OH is 1. The van der Waals surface area contributed by atoms with Crippen LogP contribution in [0.2, 0.25) is 0 Å². The van der Waals surface area contributed by atoms with Crippen molar-refractivity contribution in [2.75, 3.05) is 0 Å². The quantitative estimate of drug-likeness (QED) is 0.686. The summed E-state index contributed by atoms with van der Waals surface area (Å²) in [7, 11) is 0. The fraction of sp³-hybridized carbons (Fsp3) is 0.200. The average molecular weight is 151 g/mol. The molecule has 0 aliphatic heterocycles. The summed E-state index contributed by atoms with van der Waals surface area (Å²) >= 11 is 0. The van der Waals surface area contributed by atoms with E-state index in [1.165, 1.54) is 6.08 Å². The largest absolute Gasteiger partial charge is 0.389 e. The molecule has 0 saturated carbocycles. The van der Waals surface area contributed by atoms with E-state index in [-0.39, 0.29) is 0 Å². The van der Waals surface area contributed by atoms with Crippen LogP contribution in [-0.2, 0) is 0 Å². The zero-order valence-corrected chi connectivity index (χ0v) is 6.07. The summed E-state index contributed by atoms with van der Waals surface area (Å²) in [4.78, 5) is 0. The van der Waals surface area contributed by atoms with Gasteiger partial charge in [0.2, 0.25) is 0 Å². The highest BCUT2D eigenvalue weighted by atomic mass is 16.3. The molecule has 1 N–H and O–H groups in total. The van der Waals surface area contributed by atoms with Crippen molar-refractivity contribution in [3.05, 3.63) is 42.0 Å². The summed E-state index contributed by atoms with van der Waals surface area (Å²) in [5.41, 5.74) is 0.871. The molecule has 0 saturated heterocycles. The van der Waals surface area contributed by atoms with Gasteiger partial charge in [0.05, 0.1) is 6.10 Å². The van der Waals surface area contributed by atoms with Gasteiger partial charge in [-0.25, -0.2) is 0 Å². The summed E-state index contributed by atoms with van der Waals surface area (Å²) < 4.78 is 20.8.